The van der Waals surface area contributed by atoms with Gasteiger partial charge in [0.25, 0.3) is 0 Å². The van der Waals surface area contributed by atoms with Gasteiger partial charge in [0, 0.05) is 17.1 Å². The topological polar surface area (TPSA) is 86.9 Å². The van der Waals surface area contributed by atoms with Crippen LogP contribution in [0.5, 0.6) is 0 Å². The highest BCUT2D eigenvalue weighted by Crippen LogP contribution is 2.40. The van der Waals surface area contributed by atoms with Gasteiger partial charge in [0.05, 0.1) is 23.4 Å². The fourth-order valence-electron chi connectivity index (χ4n) is 3.51. The fourth-order valence-corrected chi connectivity index (χ4v) is 3.51. The van der Waals surface area contributed by atoms with Gasteiger partial charge in [-0.1, -0.05) is 0 Å². The highest BCUT2D eigenvalue weighted by molar-refractivity contribution is 5.87. The first-order valence-corrected chi connectivity index (χ1v) is 8.56. The number of aromatic nitrogens is 6. The molecular weight excluding hydrogens is 314 g/mol. The molecule has 2 N–H and O–H groups in total. The molecule has 3 aromatic heterocycles. The Hall–Kier alpha value is -2.96. The number of nitrogen functional groups attached to an aromatic ring is 1. The Morgan fingerprint density at radius 2 is 2.08 bits per heavy atom. The first-order chi connectivity index (χ1) is 12.1. The molecule has 1 aliphatic carbocycles. The fraction of sp³-hybridized carbons (Fsp3) is 0.333. The van der Waals surface area contributed by atoms with E-state index >= 15 is 0 Å². The number of anilines is 1. The third-order valence-corrected chi connectivity index (χ3v) is 5.17. The number of imidazole rings is 1. The minimum absolute atomic E-state index is 0.380. The Morgan fingerprint density at radius 3 is 2.88 bits per heavy atom. The Kier molecular flexibility index (Phi) is 2.89. The van der Waals surface area contributed by atoms with Crippen molar-refractivity contribution >= 4 is 22.4 Å². The number of hydrogen-bond donors (Lipinski definition) is 1. The molecule has 25 heavy (non-hydrogen) atoms. The van der Waals surface area contributed by atoms with E-state index < -0.39 is 0 Å². The summed E-state index contributed by atoms with van der Waals surface area (Å²) in [4.78, 5) is 8.36. The van der Waals surface area contributed by atoms with Crippen LogP contribution < -0.4 is 5.73 Å². The SMILES string of the molecule is Cc1cc(-c2cnc3c(N)ncnn23)cc2cn([C@H](C)C3CC3)nc12. The largest absolute Gasteiger partial charge is 0.381 e. The van der Waals surface area contributed by atoms with Crippen molar-refractivity contribution in [1.82, 2.24) is 29.4 Å². The second kappa shape index (κ2) is 5.02. The molecule has 1 fully saturated rings. The molecule has 0 amide bonds. The zero-order chi connectivity index (χ0) is 17.1. The summed E-state index contributed by atoms with van der Waals surface area (Å²) in [6.07, 6.45) is 8.02. The predicted molar refractivity (Wildman–Crippen MR) is 96.1 cm³/mol. The van der Waals surface area contributed by atoms with E-state index in [1.54, 1.807) is 10.7 Å². The molecule has 126 valence electrons. The van der Waals surface area contributed by atoms with Crippen molar-refractivity contribution in [3.63, 3.8) is 0 Å². The minimum Gasteiger partial charge on any atom is -0.381 e. The highest BCUT2D eigenvalue weighted by Gasteiger charge is 2.29. The Bertz CT molecular complexity index is 1100. The van der Waals surface area contributed by atoms with Gasteiger partial charge in [0.2, 0.25) is 0 Å². The third kappa shape index (κ3) is 2.19. The molecule has 3 heterocycles. The number of fused-ring (bicyclic) bond motifs is 2. The first-order valence-electron chi connectivity index (χ1n) is 8.56. The normalized spacial score (nSPS) is 15.9. The second-order valence-corrected chi connectivity index (χ2v) is 6.94. The van der Waals surface area contributed by atoms with Gasteiger partial charge in [-0.2, -0.15) is 10.2 Å². The molecule has 7 heteroatoms. The summed E-state index contributed by atoms with van der Waals surface area (Å²) < 4.78 is 3.86. The molecule has 1 aliphatic rings. The molecular formula is C18H19N7. The molecule has 0 radical (unpaired) electrons. The average molecular weight is 333 g/mol. The van der Waals surface area contributed by atoms with Crippen LogP contribution in [0.15, 0.2) is 30.9 Å². The number of aryl methyl sites for hydroxylation is 1. The van der Waals surface area contributed by atoms with Crippen LogP contribution in [0.4, 0.5) is 5.82 Å². The van der Waals surface area contributed by atoms with Crippen LogP contribution in [0.1, 0.15) is 31.4 Å². The van der Waals surface area contributed by atoms with Gasteiger partial charge in [-0.05, 0) is 50.3 Å². The van der Waals surface area contributed by atoms with E-state index in [9.17, 15) is 0 Å². The number of hydrogen-bond acceptors (Lipinski definition) is 5. The van der Waals surface area contributed by atoms with Gasteiger partial charge in [-0.3, -0.25) is 4.68 Å². The third-order valence-electron chi connectivity index (χ3n) is 5.17. The summed E-state index contributed by atoms with van der Waals surface area (Å²) in [5.74, 6) is 1.15. The van der Waals surface area contributed by atoms with Gasteiger partial charge in [-0.25, -0.2) is 14.5 Å². The maximum atomic E-state index is 5.89. The van der Waals surface area contributed by atoms with Crippen LogP contribution in [0.3, 0.4) is 0 Å². The van der Waals surface area contributed by atoms with Crippen LogP contribution in [-0.4, -0.2) is 29.4 Å². The minimum atomic E-state index is 0.380. The molecule has 4 aromatic rings. The zero-order valence-electron chi connectivity index (χ0n) is 14.2. The lowest BCUT2D eigenvalue weighted by molar-refractivity contribution is 0.443. The van der Waals surface area contributed by atoms with Gasteiger partial charge in [-0.15, -0.1) is 0 Å². The van der Waals surface area contributed by atoms with Crippen molar-refractivity contribution in [2.75, 3.05) is 5.73 Å². The smallest absolute Gasteiger partial charge is 0.197 e. The summed E-state index contributed by atoms with van der Waals surface area (Å²) in [7, 11) is 0. The lowest BCUT2D eigenvalue weighted by Crippen LogP contribution is -2.07. The van der Waals surface area contributed by atoms with E-state index in [1.807, 2.05) is 0 Å². The van der Waals surface area contributed by atoms with Crippen LogP contribution in [-0.2, 0) is 0 Å². The van der Waals surface area contributed by atoms with Crippen molar-refractivity contribution in [3.05, 3.63) is 36.4 Å². The van der Waals surface area contributed by atoms with Crippen molar-refractivity contribution in [1.29, 1.82) is 0 Å². The van der Waals surface area contributed by atoms with E-state index in [-0.39, 0.29) is 0 Å². The molecule has 1 atom stereocenters. The summed E-state index contributed by atoms with van der Waals surface area (Å²) in [6, 6.07) is 4.73. The maximum Gasteiger partial charge on any atom is 0.197 e. The molecule has 0 unspecified atom stereocenters. The number of nitrogens with zero attached hydrogens (tertiary/aromatic N) is 6. The monoisotopic (exact) mass is 333 g/mol. The molecule has 7 nitrogen and oxygen atoms in total. The molecule has 0 aliphatic heterocycles. The van der Waals surface area contributed by atoms with Crippen LogP contribution in [0.25, 0.3) is 27.8 Å². The van der Waals surface area contributed by atoms with E-state index in [2.05, 4.69) is 51.9 Å². The van der Waals surface area contributed by atoms with Gasteiger partial charge in [0.1, 0.15) is 6.33 Å². The van der Waals surface area contributed by atoms with Crippen LogP contribution in [0.2, 0.25) is 0 Å². The van der Waals surface area contributed by atoms with E-state index in [1.165, 1.54) is 19.2 Å². The van der Waals surface area contributed by atoms with Gasteiger partial charge >= 0.3 is 0 Å². The van der Waals surface area contributed by atoms with Gasteiger partial charge < -0.3 is 5.73 Å². The molecule has 5 rings (SSSR count). The molecule has 1 saturated carbocycles. The van der Waals surface area contributed by atoms with Crippen molar-refractivity contribution in [2.45, 2.75) is 32.7 Å². The number of benzene rings is 1. The Balaban J connectivity index is 1.67. The van der Waals surface area contributed by atoms with Gasteiger partial charge in [0.15, 0.2) is 11.5 Å². The maximum absolute atomic E-state index is 5.89. The quantitative estimate of drug-likeness (QED) is 0.623. The lowest BCUT2D eigenvalue weighted by atomic mass is 10.1. The number of rotatable bonds is 3. The first kappa shape index (κ1) is 14.4. The van der Waals surface area contributed by atoms with Crippen molar-refractivity contribution in [2.24, 2.45) is 5.92 Å². The molecule has 1 aromatic carbocycles. The summed E-state index contributed by atoms with van der Waals surface area (Å²) in [5.41, 5.74) is 10.6. The summed E-state index contributed by atoms with van der Waals surface area (Å²) >= 11 is 0. The van der Waals surface area contributed by atoms with E-state index in [0.717, 1.165) is 33.6 Å². The predicted octanol–water partition coefficient (Wildman–Crippen LogP) is 3.00. The van der Waals surface area contributed by atoms with Crippen LogP contribution >= 0.6 is 0 Å². The summed E-state index contributed by atoms with van der Waals surface area (Å²) in [5, 5.41) is 10.3. The zero-order valence-corrected chi connectivity index (χ0v) is 14.2. The van der Waals surface area contributed by atoms with E-state index in [4.69, 9.17) is 10.8 Å². The average Bonchev–Trinajstić information content (AvgIpc) is 3.19. The molecule has 0 bridgehead atoms. The highest BCUT2D eigenvalue weighted by atomic mass is 15.3. The van der Waals surface area contributed by atoms with Crippen molar-refractivity contribution < 1.29 is 0 Å². The standard InChI is InChI=1S/C18H19N7/c1-10-5-13(15-7-20-18-17(19)21-9-22-25(15)18)6-14-8-24(23-16(10)14)11(2)12-3-4-12/h5-9,11-12H,3-4H2,1-2H3,(H2,19,21,22)/t11-/m1/s1. The Labute approximate surface area is 144 Å². The van der Waals surface area contributed by atoms with Crippen molar-refractivity contribution in [3.8, 4) is 11.3 Å². The number of nitrogens with two attached hydrogens (primary N) is 1. The Morgan fingerprint density at radius 1 is 1.24 bits per heavy atom. The van der Waals surface area contributed by atoms with Crippen LogP contribution in [0, 0.1) is 12.8 Å². The molecule has 0 saturated heterocycles. The van der Waals surface area contributed by atoms with E-state index in [0.29, 0.717) is 17.5 Å². The summed E-state index contributed by atoms with van der Waals surface area (Å²) in [6.45, 7) is 4.35. The molecule has 0 spiro atoms. The second-order valence-electron chi connectivity index (χ2n) is 6.94. The lowest BCUT2D eigenvalue weighted by Gasteiger charge is -2.09.